The number of aromatic nitrogens is 1. The molecule has 1 heterocycles. The van der Waals surface area contributed by atoms with Gasteiger partial charge in [0.05, 0.1) is 24.4 Å². The van der Waals surface area contributed by atoms with Gasteiger partial charge in [-0.2, -0.15) is 0 Å². The van der Waals surface area contributed by atoms with E-state index in [1.165, 1.54) is 7.11 Å². The van der Waals surface area contributed by atoms with E-state index in [0.29, 0.717) is 17.9 Å². The van der Waals surface area contributed by atoms with Gasteiger partial charge in [-0.3, -0.25) is 0 Å². The molecule has 1 atom stereocenters. The number of benzene rings is 2. The molecule has 0 fully saturated rings. The van der Waals surface area contributed by atoms with E-state index in [-0.39, 0.29) is 0 Å². The van der Waals surface area contributed by atoms with Crippen LogP contribution in [0.1, 0.15) is 26.7 Å². The molecule has 2 aromatic carbocycles. The summed E-state index contributed by atoms with van der Waals surface area (Å²) >= 11 is 1.62. The van der Waals surface area contributed by atoms with Crippen LogP contribution in [0, 0.1) is 0 Å². The fraction of sp³-hybridized carbons (Fsp3) is 0.333. The molecule has 0 spiro atoms. The highest BCUT2D eigenvalue weighted by Crippen LogP contribution is 2.38. The number of rotatable bonds is 7. The zero-order chi connectivity index (χ0) is 19.4. The van der Waals surface area contributed by atoms with Gasteiger partial charge in [-0.05, 0) is 43.7 Å². The van der Waals surface area contributed by atoms with Crippen LogP contribution < -0.4 is 9.47 Å². The molecule has 1 unspecified atom stereocenters. The van der Waals surface area contributed by atoms with Gasteiger partial charge in [-0.15, -0.1) is 11.3 Å². The fourth-order valence-electron chi connectivity index (χ4n) is 3.01. The number of esters is 1. The van der Waals surface area contributed by atoms with Crippen molar-refractivity contribution >= 4 is 27.5 Å². The van der Waals surface area contributed by atoms with Crippen LogP contribution in [-0.4, -0.2) is 30.8 Å². The predicted octanol–water partition coefficient (Wildman–Crippen LogP) is 5.08. The molecule has 0 aliphatic carbocycles. The number of fused-ring (bicyclic) bond motifs is 1. The Kier molecular flexibility index (Phi) is 5.65. The first-order valence-corrected chi connectivity index (χ1v) is 9.64. The van der Waals surface area contributed by atoms with Crippen molar-refractivity contribution in [3.63, 3.8) is 0 Å². The van der Waals surface area contributed by atoms with Crippen molar-refractivity contribution in [2.75, 3.05) is 14.2 Å². The van der Waals surface area contributed by atoms with Crippen LogP contribution in [-0.2, 0) is 9.53 Å². The number of thiazole rings is 1. The molecule has 0 radical (unpaired) electrons. The molecule has 0 amide bonds. The standard InChI is InChI=1S/C21H23NO4S/c1-5-12-21(2,20(23)25-4)26-16-11-10-14(13-17(16)24-3)19-22-15-8-6-7-9-18(15)27-19/h6-11,13H,5,12H2,1-4H3. The number of hydrogen-bond donors (Lipinski definition) is 0. The molecule has 0 aliphatic rings. The van der Waals surface area contributed by atoms with Crippen molar-refractivity contribution in [1.82, 2.24) is 4.98 Å². The lowest BCUT2D eigenvalue weighted by atomic mass is 10.0. The number of nitrogens with zero attached hydrogens (tertiary/aromatic N) is 1. The molecule has 3 rings (SSSR count). The van der Waals surface area contributed by atoms with Gasteiger partial charge in [-0.1, -0.05) is 25.5 Å². The van der Waals surface area contributed by atoms with Crippen LogP contribution in [0.2, 0.25) is 0 Å². The van der Waals surface area contributed by atoms with Crippen molar-refractivity contribution in [1.29, 1.82) is 0 Å². The van der Waals surface area contributed by atoms with Crippen LogP contribution in [0.3, 0.4) is 0 Å². The molecule has 0 saturated heterocycles. The fourth-order valence-corrected chi connectivity index (χ4v) is 3.97. The van der Waals surface area contributed by atoms with E-state index in [1.54, 1.807) is 25.4 Å². The van der Waals surface area contributed by atoms with Crippen molar-refractivity contribution in [2.24, 2.45) is 0 Å². The summed E-state index contributed by atoms with van der Waals surface area (Å²) in [4.78, 5) is 16.9. The molecule has 1 aromatic heterocycles. The average Bonchev–Trinajstić information content (AvgIpc) is 3.12. The third kappa shape index (κ3) is 3.90. The van der Waals surface area contributed by atoms with Gasteiger partial charge < -0.3 is 14.2 Å². The minimum atomic E-state index is -1.06. The van der Waals surface area contributed by atoms with Crippen LogP contribution >= 0.6 is 11.3 Å². The van der Waals surface area contributed by atoms with E-state index in [4.69, 9.17) is 14.2 Å². The zero-order valence-electron chi connectivity index (χ0n) is 15.9. The highest BCUT2D eigenvalue weighted by atomic mass is 32.1. The first-order valence-electron chi connectivity index (χ1n) is 8.82. The number of carbonyl (C=O) groups is 1. The van der Waals surface area contributed by atoms with E-state index in [0.717, 1.165) is 27.2 Å². The first-order chi connectivity index (χ1) is 13.0. The normalized spacial score (nSPS) is 13.2. The van der Waals surface area contributed by atoms with Gasteiger partial charge >= 0.3 is 5.97 Å². The zero-order valence-corrected chi connectivity index (χ0v) is 16.8. The first kappa shape index (κ1) is 19.2. The summed E-state index contributed by atoms with van der Waals surface area (Å²) in [5.74, 6) is 0.656. The lowest BCUT2D eigenvalue weighted by Crippen LogP contribution is -2.42. The highest BCUT2D eigenvalue weighted by molar-refractivity contribution is 7.21. The Morgan fingerprint density at radius 2 is 1.93 bits per heavy atom. The molecule has 0 N–H and O–H groups in total. The van der Waals surface area contributed by atoms with Crippen LogP contribution in [0.5, 0.6) is 11.5 Å². The molecule has 0 aliphatic heterocycles. The summed E-state index contributed by atoms with van der Waals surface area (Å²) in [5.41, 5.74) is 0.849. The second-order valence-corrected chi connectivity index (χ2v) is 7.46. The third-order valence-electron chi connectivity index (χ3n) is 4.38. The summed E-state index contributed by atoms with van der Waals surface area (Å²) in [7, 11) is 2.95. The number of carbonyl (C=O) groups excluding carboxylic acids is 1. The van der Waals surface area contributed by atoms with Gasteiger partial charge in [-0.25, -0.2) is 9.78 Å². The summed E-state index contributed by atoms with van der Waals surface area (Å²) in [6.07, 6.45) is 1.33. The second kappa shape index (κ2) is 7.96. The lowest BCUT2D eigenvalue weighted by Gasteiger charge is -2.28. The van der Waals surface area contributed by atoms with Crippen molar-refractivity contribution < 1.29 is 19.0 Å². The van der Waals surface area contributed by atoms with E-state index in [2.05, 4.69) is 11.1 Å². The number of para-hydroxylation sites is 1. The molecule has 0 saturated carbocycles. The number of hydrogen-bond acceptors (Lipinski definition) is 6. The van der Waals surface area contributed by atoms with Crippen molar-refractivity contribution in [3.8, 4) is 22.1 Å². The van der Waals surface area contributed by atoms with Crippen molar-refractivity contribution in [2.45, 2.75) is 32.3 Å². The van der Waals surface area contributed by atoms with Gasteiger partial charge in [0.25, 0.3) is 0 Å². The van der Waals surface area contributed by atoms with Crippen LogP contribution in [0.15, 0.2) is 42.5 Å². The minimum absolute atomic E-state index is 0.401. The maximum absolute atomic E-state index is 12.2. The van der Waals surface area contributed by atoms with E-state index < -0.39 is 11.6 Å². The molecular formula is C21H23NO4S. The summed E-state index contributed by atoms with van der Waals surface area (Å²) in [5, 5.41) is 0.908. The van der Waals surface area contributed by atoms with Crippen LogP contribution in [0.25, 0.3) is 20.8 Å². The molecule has 5 nitrogen and oxygen atoms in total. The Bertz CT molecular complexity index is 919. The maximum Gasteiger partial charge on any atom is 0.349 e. The third-order valence-corrected chi connectivity index (χ3v) is 5.47. The molecule has 0 bridgehead atoms. The van der Waals surface area contributed by atoms with E-state index in [9.17, 15) is 4.79 Å². The average molecular weight is 385 g/mol. The molecule has 6 heteroatoms. The Hall–Kier alpha value is -2.60. The predicted molar refractivity (Wildman–Crippen MR) is 108 cm³/mol. The Balaban J connectivity index is 1.95. The Morgan fingerprint density at radius 1 is 1.15 bits per heavy atom. The van der Waals surface area contributed by atoms with Crippen LogP contribution in [0.4, 0.5) is 0 Å². The molecular weight excluding hydrogens is 362 g/mol. The van der Waals surface area contributed by atoms with Crippen molar-refractivity contribution in [3.05, 3.63) is 42.5 Å². The Labute approximate surface area is 162 Å². The topological polar surface area (TPSA) is 57.7 Å². The molecule has 142 valence electrons. The summed E-state index contributed by atoms with van der Waals surface area (Å²) in [6.45, 7) is 3.74. The quantitative estimate of drug-likeness (QED) is 0.531. The van der Waals surface area contributed by atoms with Gasteiger partial charge in [0.1, 0.15) is 5.01 Å². The minimum Gasteiger partial charge on any atom is -0.493 e. The lowest BCUT2D eigenvalue weighted by molar-refractivity contribution is -0.158. The van der Waals surface area contributed by atoms with Gasteiger partial charge in [0.15, 0.2) is 11.5 Å². The number of ether oxygens (including phenoxy) is 3. The largest absolute Gasteiger partial charge is 0.493 e. The van der Waals surface area contributed by atoms with Gasteiger partial charge in [0.2, 0.25) is 5.60 Å². The van der Waals surface area contributed by atoms with E-state index in [1.807, 2.05) is 43.3 Å². The number of methoxy groups -OCH3 is 2. The molecule has 3 aromatic rings. The highest BCUT2D eigenvalue weighted by Gasteiger charge is 2.36. The monoisotopic (exact) mass is 385 g/mol. The molecule has 27 heavy (non-hydrogen) atoms. The second-order valence-electron chi connectivity index (χ2n) is 6.43. The van der Waals surface area contributed by atoms with Gasteiger partial charge in [0, 0.05) is 5.56 Å². The maximum atomic E-state index is 12.2. The summed E-state index contributed by atoms with van der Waals surface area (Å²) in [6, 6.07) is 13.7. The smallest absolute Gasteiger partial charge is 0.349 e. The Morgan fingerprint density at radius 3 is 2.59 bits per heavy atom. The van der Waals surface area contributed by atoms with E-state index >= 15 is 0 Å². The SMILES string of the molecule is CCCC(C)(Oc1ccc(-c2nc3ccccc3s2)cc1OC)C(=O)OC. The summed E-state index contributed by atoms with van der Waals surface area (Å²) < 4.78 is 17.6.